The number of carbonyl (C=O) groups is 1. The van der Waals surface area contributed by atoms with E-state index in [1.54, 1.807) is 11.8 Å². The van der Waals surface area contributed by atoms with E-state index < -0.39 is 0 Å². The van der Waals surface area contributed by atoms with Crippen LogP contribution in [0.3, 0.4) is 0 Å². The van der Waals surface area contributed by atoms with Gasteiger partial charge in [0.15, 0.2) is 5.78 Å². The second kappa shape index (κ2) is 6.09. The smallest absolute Gasteiger partial charge is 0.163 e. The first-order valence-corrected chi connectivity index (χ1v) is 6.79. The summed E-state index contributed by atoms with van der Waals surface area (Å²) in [6, 6.07) is 6.16. The second-order valence-corrected chi connectivity index (χ2v) is 5.54. The number of benzene rings is 1. The van der Waals surface area contributed by atoms with E-state index in [-0.39, 0.29) is 5.78 Å². The van der Waals surface area contributed by atoms with Crippen LogP contribution in [0, 0.1) is 12.8 Å². The van der Waals surface area contributed by atoms with E-state index in [9.17, 15) is 4.79 Å². The van der Waals surface area contributed by atoms with Crippen LogP contribution in [0.5, 0.6) is 0 Å². The fourth-order valence-electron chi connectivity index (χ4n) is 1.43. The SMILES string of the molecule is CCC(=O)c1cc(C)ccc1SCC(C)C. The molecule has 0 unspecified atom stereocenters. The first kappa shape index (κ1) is 13.3. The highest BCUT2D eigenvalue weighted by Crippen LogP contribution is 2.26. The van der Waals surface area contributed by atoms with Crippen molar-refractivity contribution in [1.29, 1.82) is 0 Å². The molecule has 0 amide bonds. The van der Waals surface area contributed by atoms with Gasteiger partial charge in [-0.05, 0) is 25.0 Å². The summed E-state index contributed by atoms with van der Waals surface area (Å²) < 4.78 is 0. The lowest BCUT2D eigenvalue weighted by Crippen LogP contribution is -2.01. The van der Waals surface area contributed by atoms with Gasteiger partial charge in [-0.1, -0.05) is 32.4 Å². The highest BCUT2D eigenvalue weighted by Gasteiger charge is 2.10. The van der Waals surface area contributed by atoms with E-state index in [4.69, 9.17) is 0 Å². The van der Waals surface area contributed by atoms with Crippen molar-refractivity contribution in [3.63, 3.8) is 0 Å². The van der Waals surface area contributed by atoms with Crippen molar-refractivity contribution in [2.24, 2.45) is 5.92 Å². The van der Waals surface area contributed by atoms with Crippen LogP contribution in [0.4, 0.5) is 0 Å². The predicted molar refractivity (Wildman–Crippen MR) is 71.4 cm³/mol. The first-order valence-electron chi connectivity index (χ1n) is 5.81. The van der Waals surface area contributed by atoms with E-state index in [1.165, 1.54) is 0 Å². The maximum absolute atomic E-state index is 11.8. The summed E-state index contributed by atoms with van der Waals surface area (Å²) in [6.07, 6.45) is 0.582. The molecule has 0 saturated carbocycles. The van der Waals surface area contributed by atoms with Crippen molar-refractivity contribution in [3.8, 4) is 0 Å². The molecule has 0 heterocycles. The van der Waals surface area contributed by atoms with Crippen molar-refractivity contribution in [3.05, 3.63) is 29.3 Å². The quantitative estimate of drug-likeness (QED) is 0.559. The minimum absolute atomic E-state index is 0.245. The lowest BCUT2D eigenvalue weighted by molar-refractivity contribution is 0.0985. The first-order chi connectivity index (χ1) is 7.54. The molecule has 0 aliphatic heterocycles. The van der Waals surface area contributed by atoms with E-state index in [2.05, 4.69) is 26.0 Å². The summed E-state index contributed by atoms with van der Waals surface area (Å²) in [6.45, 7) is 8.34. The molecule has 0 aliphatic rings. The third-order valence-electron chi connectivity index (χ3n) is 2.33. The topological polar surface area (TPSA) is 17.1 Å². The van der Waals surface area contributed by atoms with Crippen molar-refractivity contribution >= 4 is 17.5 Å². The third-order valence-corrected chi connectivity index (χ3v) is 3.83. The normalized spacial score (nSPS) is 10.8. The Morgan fingerprint density at radius 3 is 2.62 bits per heavy atom. The van der Waals surface area contributed by atoms with Crippen molar-refractivity contribution in [1.82, 2.24) is 0 Å². The molecule has 0 aliphatic carbocycles. The summed E-state index contributed by atoms with van der Waals surface area (Å²) in [4.78, 5) is 12.9. The van der Waals surface area contributed by atoms with E-state index >= 15 is 0 Å². The molecule has 0 spiro atoms. The maximum Gasteiger partial charge on any atom is 0.163 e. The molecule has 0 radical (unpaired) electrons. The van der Waals surface area contributed by atoms with Gasteiger partial charge in [-0.25, -0.2) is 0 Å². The number of hydrogen-bond acceptors (Lipinski definition) is 2. The number of Topliss-reactive ketones (excluding diaryl/α,β-unsaturated/α-hetero) is 1. The van der Waals surface area contributed by atoms with Crippen LogP contribution in [0.2, 0.25) is 0 Å². The molecular formula is C14H20OS. The molecule has 0 aromatic heterocycles. The number of thioether (sulfide) groups is 1. The summed E-state index contributed by atoms with van der Waals surface area (Å²) in [5, 5.41) is 0. The Bertz CT molecular complexity index is 369. The van der Waals surface area contributed by atoms with Gasteiger partial charge in [-0.2, -0.15) is 0 Å². The van der Waals surface area contributed by atoms with Crippen LogP contribution in [-0.4, -0.2) is 11.5 Å². The Morgan fingerprint density at radius 1 is 1.38 bits per heavy atom. The van der Waals surface area contributed by atoms with Gasteiger partial charge in [0.2, 0.25) is 0 Å². The van der Waals surface area contributed by atoms with Gasteiger partial charge in [0.05, 0.1) is 0 Å². The van der Waals surface area contributed by atoms with Gasteiger partial charge in [-0.15, -0.1) is 11.8 Å². The van der Waals surface area contributed by atoms with Gasteiger partial charge < -0.3 is 0 Å². The van der Waals surface area contributed by atoms with Gasteiger partial charge >= 0.3 is 0 Å². The fourth-order valence-corrected chi connectivity index (χ4v) is 2.44. The van der Waals surface area contributed by atoms with E-state index in [0.717, 1.165) is 21.8 Å². The molecule has 2 heteroatoms. The van der Waals surface area contributed by atoms with Crippen molar-refractivity contribution < 1.29 is 4.79 Å². The second-order valence-electron chi connectivity index (χ2n) is 4.48. The van der Waals surface area contributed by atoms with Crippen LogP contribution < -0.4 is 0 Å². The Hall–Kier alpha value is -0.760. The zero-order valence-corrected chi connectivity index (χ0v) is 11.4. The standard InChI is InChI=1S/C14H20OS/c1-5-13(15)12-8-11(4)6-7-14(12)16-9-10(2)3/h6-8,10H,5,9H2,1-4H3. The fraction of sp³-hybridized carbons (Fsp3) is 0.500. The van der Waals surface area contributed by atoms with E-state index in [0.29, 0.717) is 12.3 Å². The Labute approximate surface area is 103 Å². The van der Waals surface area contributed by atoms with Crippen LogP contribution in [-0.2, 0) is 0 Å². The summed E-state index contributed by atoms with van der Waals surface area (Å²) in [5.41, 5.74) is 2.05. The van der Waals surface area contributed by atoms with Crippen LogP contribution in [0.15, 0.2) is 23.1 Å². The third kappa shape index (κ3) is 3.67. The summed E-state index contributed by atoms with van der Waals surface area (Å²) in [7, 11) is 0. The minimum atomic E-state index is 0.245. The zero-order chi connectivity index (χ0) is 12.1. The number of ketones is 1. The van der Waals surface area contributed by atoms with Gasteiger partial charge in [0.25, 0.3) is 0 Å². The molecule has 1 aromatic carbocycles. The average molecular weight is 236 g/mol. The summed E-state index contributed by atoms with van der Waals surface area (Å²) >= 11 is 1.79. The molecule has 0 saturated heterocycles. The van der Waals surface area contributed by atoms with Gasteiger partial charge in [0, 0.05) is 22.6 Å². The lowest BCUT2D eigenvalue weighted by atomic mass is 10.1. The molecule has 0 atom stereocenters. The molecule has 0 N–H and O–H groups in total. The number of carbonyl (C=O) groups excluding carboxylic acids is 1. The van der Waals surface area contributed by atoms with Gasteiger partial charge in [0.1, 0.15) is 0 Å². The predicted octanol–water partition coefficient (Wildman–Crippen LogP) is 4.34. The van der Waals surface area contributed by atoms with Crippen LogP contribution >= 0.6 is 11.8 Å². The molecule has 1 aromatic rings. The molecule has 1 nitrogen and oxygen atoms in total. The van der Waals surface area contributed by atoms with Crippen molar-refractivity contribution in [2.45, 2.75) is 39.0 Å². The maximum atomic E-state index is 11.8. The number of rotatable bonds is 5. The Morgan fingerprint density at radius 2 is 2.06 bits per heavy atom. The Balaban J connectivity index is 2.93. The molecular weight excluding hydrogens is 216 g/mol. The molecule has 88 valence electrons. The van der Waals surface area contributed by atoms with E-state index in [1.807, 2.05) is 19.9 Å². The van der Waals surface area contributed by atoms with Crippen LogP contribution in [0.25, 0.3) is 0 Å². The number of hydrogen-bond donors (Lipinski definition) is 0. The molecule has 1 rings (SSSR count). The molecule has 0 bridgehead atoms. The van der Waals surface area contributed by atoms with Crippen molar-refractivity contribution in [2.75, 3.05) is 5.75 Å². The van der Waals surface area contributed by atoms with Gasteiger partial charge in [-0.3, -0.25) is 4.79 Å². The highest BCUT2D eigenvalue weighted by molar-refractivity contribution is 7.99. The summed E-state index contributed by atoms with van der Waals surface area (Å²) in [5.74, 6) is 1.96. The minimum Gasteiger partial charge on any atom is -0.294 e. The zero-order valence-electron chi connectivity index (χ0n) is 10.5. The molecule has 0 fully saturated rings. The highest BCUT2D eigenvalue weighted by atomic mass is 32.2. The largest absolute Gasteiger partial charge is 0.294 e. The lowest BCUT2D eigenvalue weighted by Gasteiger charge is -2.10. The number of aryl methyl sites for hydroxylation is 1. The molecule has 16 heavy (non-hydrogen) atoms. The van der Waals surface area contributed by atoms with Crippen LogP contribution in [0.1, 0.15) is 43.1 Å². The monoisotopic (exact) mass is 236 g/mol. The Kier molecular flexibility index (Phi) is 5.07. The average Bonchev–Trinajstić information content (AvgIpc) is 2.26.